The molecular formula is C22H23ClN2O2S2. The van der Waals surface area contributed by atoms with Gasteiger partial charge in [-0.2, -0.15) is 0 Å². The molecular weight excluding hydrogens is 424 g/mol. The van der Waals surface area contributed by atoms with Gasteiger partial charge in [0.15, 0.2) is 5.13 Å². The van der Waals surface area contributed by atoms with E-state index < -0.39 is 0 Å². The monoisotopic (exact) mass is 446 g/mol. The summed E-state index contributed by atoms with van der Waals surface area (Å²) in [5, 5.41) is 1.43. The minimum absolute atomic E-state index is 0.0809. The Labute approximate surface area is 184 Å². The number of hydrogen-bond acceptors (Lipinski definition) is 5. The molecule has 2 heterocycles. The third kappa shape index (κ3) is 4.94. The second kappa shape index (κ2) is 9.47. The molecule has 3 aromatic rings. The van der Waals surface area contributed by atoms with E-state index in [1.54, 1.807) is 23.1 Å². The van der Waals surface area contributed by atoms with Gasteiger partial charge in [0.1, 0.15) is 0 Å². The Kier molecular flexibility index (Phi) is 6.75. The summed E-state index contributed by atoms with van der Waals surface area (Å²) in [6.07, 6.45) is 2.57. The zero-order chi connectivity index (χ0) is 20.2. The molecule has 1 aliphatic rings. The first-order valence-corrected chi connectivity index (χ1v) is 12.0. The number of halogens is 1. The number of ether oxygens (including phenoxy) is 1. The van der Waals surface area contributed by atoms with Gasteiger partial charge < -0.3 is 4.74 Å². The van der Waals surface area contributed by atoms with Crippen molar-refractivity contribution in [3.05, 3.63) is 53.1 Å². The number of benzene rings is 2. The Morgan fingerprint density at radius 3 is 2.90 bits per heavy atom. The second-order valence-corrected chi connectivity index (χ2v) is 9.65. The van der Waals surface area contributed by atoms with Crippen LogP contribution >= 0.6 is 34.7 Å². The summed E-state index contributed by atoms with van der Waals surface area (Å²) < 4.78 is 6.85. The van der Waals surface area contributed by atoms with Gasteiger partial charge in [-0.1, -0.05) is 41.1 Å². The molecule has 1 unspecified atom stereocenters. The van der Waals surface area contributed by atoms with Gasteiger partial charge in [-0.15, -0.1) is 11.8 Å². The number of carbonyl (C=O) groups excluding carboxylic acids is 1. The number of aryl methyl sites for hydroxylation is 1. The Balaban J connectivity index is 1.52. The number of carbonyl (C=O) groups is 1. The molecule has 1 amide bonds. The standard InChI is InChI=1S/C22H23ClN2O2S2/c1-15-18(23)9-10-19-21(15)24-22(29-19)25(14-16-6-5-12-27-16)20(26)11-13-28-17-7-3-2-4-8-17/h2-4,7-10,16H,5-6,11-14H2,1H3. The van der Waals surface area contributed by atoms with Gasteiger partial charge in [0.25, 0.3) is 0 Å². The number of hydrogen-bond donors (Lipinski definition) is 0. The van der Waals surface area contributed by atoms with Crippen molar-refractivity contribution in [1.29, 1.82) is 0 Å². The highest BCUT2D eigenvalue weighted by atomic mass is 35.5. The summed E-state index contributed by atoms with van der Waals surface area (Å²) >= 11 is 9.51. The first-order valence-electron chi connectivity index (χ1n) is 9.77. The van der Waals surface area contributed by atoms with E-state index in [1.807, 2.05) is 42.2 Å². The molecule has 0 spiro atoms. The highest BCUT2D eigenvalue weighted by Crippen LogP contribution is 2.34. The average molecular weight is 447 g/mol. The average Bonchev–Trinajstić information content (AvgIpc) is 3.39. The van der Waals surface area contributed by atoms with Crippen LogP contribution < -0.4 is 4.90 Å². The van der Waals surface area contributed by atoms with Gasteiger partial charge in [-0.25, -0.2) is 4.98 Å². The van der Waals surface area contributed by atoms with E-state index in [1.165, 1.54) is 4.90 Å². The normalized spacial score (nSPS) is 16.4. The van der Waals surface area contributed by atoms with Gasteiger partial charge >= 0.3 is 0 Å². The summed E-state index contributed by atoms with van der Waals surface area (Å²) in [6, 6.07) is 14.0. The number of aromatic nitrogens is 1. The maximum absolute atomic E-state index is 13.1. The largest absolute Gasteiger partial charge is 0.376 e. The third-order valence-corrected chi connectivity index (χ3v) is 7.47. The topological polar surface area (TPSA) is 42.4 Å². The van der Waals surface area contributed by atoms with Crippen molar-refractivity contribution in [3.8, 4) is 0 Å². The predicted octanol–water partition coefficient (Wildman–Crippen LogP) is 5.95. The van der Waals surface area contributed by atoms with Crippen LogP contribution in [0.2, 0.25) is 5.02 Å². The summed E-state index contributed by atoms with van der Waals surface area (Å²) in [7, 11) is 0. The van der Waals surface area contributed by atoms with Gasteiger partial charge in [0.2, 0.25) is 5.91 Å². The maximum Gasteiger partial charge on any atom is 0.229 e. The van der Waals surface area contributed by atoms with Crippen LogP contribution in [0.15, 0.2) is 47.4 Å². The van der Waals surface area contributed by atoms with Crippen LogP contribution in [0.4, 0.5) is 5.13 Å². The lowest BCUT2D eigenvalue weighted by atomic mass is 10.2. The van der Waals surface area contributed by atoms with Gasteiger partial charge in [-0.3, -0.25) is 9.69 Å². The fourth-order valence-corrected chi connectivity index (χ4v) is 5.46. The molecule has 1 aliphatic heterocycles. The minimum Gasteiger partial charge on any atom is -0.376 e. The smallest absolute Gasteiger partial charge is 0.229 e. The highest BCUT2D eigenvalue weighted by molar-refractivity contribution is 7.99. The first-order chi connectivity index (χ1) is 14.1. The summed E-state index contributed by atoms with van der Waals surface area (Å²) in [6.45, 7) is 3.30. The number of anilines is 1. The zero-order valence-corrected chi connectivity index (χ0v) is 18.7. The molecule has 4 nitrogen and oxygen atoms in total. The third-order valence-electron chi connectivity index (χ3n) is 5.01. The molecule has 152 valence electrons. The van der Waals surface area contributed by atoms with Crippen molar-refractivity contribution in [2.75, 3.05) is 23.8 Å². The van der Waals surface area contributed by atoms with Crippen molar-refractivity contribution < 1.29 is 9.53 Å². The van der Waals surface area contributed by atoms with Crippen LogP contribution in [0.25, 0.3) is 10.2 Å². The lowest BCUT2D eigenvalue weighted by Crippen LogP contribution is -2.37. The first kappa shape index (κ1) is 20.7. The Hall–Kier alpha value is -1.60. The van der Waals surface area contributed by atoms with Crippen molar-refractivity contribution >= 4 is 56.0 Å². The van der Waals surface area contributed by atoms with E-state index in [2.05, 4.69) is 12.1 Å². The van der Waals surface area contributed by atoms with Crippen LogP contribution in [-0.2, 0) is 9.53 Å². The van der Waals surface area contributed by atoms with Crippen LogP contribution in [0.5, 0.6) is 0 Å². The molecule has 0 aliphatic carbocycles. The molecule has 0 bridgehead atoms. The van der Waals surface area contributed by atoms with Crippen LogP contribution in [0, 0.1) is 6.92 Å². The molecule has 1 aromatic heterocycles. The quantitative estimate of drug-likeness (QED) is 0.420. The van der Waals surface area contributed by atoms with Crippen LogP contribution in [-0.4, -0.2) is 35.9 Å². The lowest BCUT2D eigenvalue weighted by molar-refractivity contribution is -0.118. The van der Waals surface area contributed by atoms with Crippen molar-refractivity contribution in [1.82, 2.24) is 4.98 Å². The highest BCUT2D eigenvalue weighted by Gasteiger charge is 2.26. The van der Waals surface area contributed by atoms with E-state index in [-0.39, 0.29) is 12.0 Å². The molecule has 1 fully saturated rings. The molecule has 29 heavy (non-hydrogen) atoms. The molecule has 0 N–H and O–H groups in total. The van der Waals surface area contributed by atoms with Crippen molar-refractivity contribution in [3.63, 3.8) is 0 Å². The zero-order valence-electron chi connectivity index (χ0n) is 16.3. The van der Waals surface area contributed by atoms with Gasteiger partial charge in [-0.05, 0) is 49.6 Å². The van der Waals surface area contributed by atoms with E-state index in [9.17, 15) is 4.79 Å². The molecule has 1 saturated heterocycles. The number of thioether (sulfide) groups is 1. The van der Waals surface area contributed by atoms with Gasteiger partial charge in [0.05, 0.1) is 22.9 Å². The van der Waals surface area contributed by atoms with Crippen molar-refractivity contribution in [2.24, 2.45) is 0 Å². The SMILES string of the molecule is Cc1c(Cl)ccc2sc(N(CC3CCCO3)C(=O)CCSc3ccccc3)nc12. The molecule has 2 aromatic carbocycles. The summed E-state index contributed by atoms with van der Waals surface area (Å²) in [5.41, 5.74) is 1.83. The summed E-state index contributed by atoms with van der Waals surface area (Å²) in [5.74, 6) is 0.826. The predicted molar refractivity (Wildman–Crippen MR) is 122 cm³/mol. The molecule has 4 rings (SSSR count). The summed E-state index contributed by atoms with van der Waals surface area (Å²) in [4.78, 5) is 20.9. The molecule has 0 saturated carbocycles. The number of nitrogens with zero attached hydrogens (tertiary/aromatic N) is 2. The Morgan fingerprint density at radius 1 is 1.31 bits per heavy atom. The van der Waals surface area contributed by atoms with Crippen molar-refractivity contribution in [2.45, 2.75) is 37.2 Å². The van der Waals surface area contributed by atoms with E-state index in [0.29, 0.717) is 18.0 Å². The second-order valence-electron chi connectivity index (χ2n) is 7.07. The number of thiazole rings is 1. The molecule has 1 atom stereocenters. The Bertz CT molecular complexity index is 987. The fraction of sp³-hybridized carbons (Fsp3) is 0.364. The fourth-order valence-electron chi connectivity index (χ4n) is 3.39. The van der Waals surface area contributed by atoms with Crippen LogP contribution in [0.1, 0.15) is 24.8 Å². The lowest BCUT2D eigenvalue weighted by Gasteiger charge is -2.23. The van der Waals surface area contributed by atoms with E-state index in [0.717, 1.165) is 46.1 Å². The molecule has 7 heteroatoms. The Morgan fingerprint density at radius 2 is 2.14 bits per heavy atom. The molecule has 0 radical (unpaired) electrons. The van der Waals surface area contributed by atoms with E-state index >= 15 is 0 Å². The number of amides is 1. The number of fused-ring (bicyclic) bond motifs is 1. The van der Waals surface area contributed by atoms with Crippen LogP contribution in [0.3, 0.4) is 0 Å². The van der Waals surface area contributed by atoms with E-state index in [4.69, 9.17) is 21.3 Å². The minimum atomic E-state index is 0.0809. The van der Waals surface area contributed by atoms with Gasteiger partial charge in [0, 0.05) is 28.7 Å². The maximum atomic E-state index is 13.1. The number of rotatable bonds is 7.